The molecule has 0 spiro atoms. The molecule has 0 saturated heterocycles. The van der Waals surface area contributed by atoms with Crippen molar-refractivity contribution in [1.29, 1.82) is 0 Å². The minimum atomic E-state index is 0.220. The summed E-state index contributed by atoms with van der Waals surface area (Å²) >= 11 is 0. The minimum absolute atomic E-state index is 0.220. The van der Waals surface area contributed by atoms with Crippen molar-refractivity contribution in [3.8, 4) is 0 Å². The molecule has 2 heteroatoms. The van der Waals surface area contributed by atoms with E-state index in [4.69, 9.17) is 0 Å². The van der Waals surface area contributed by atoms with E-state index in [2.05, 4.69) is 63.1 Å². The van der Waals surface area contributed by atoms with Crippen LogP contribution in [0, 0.1) is 27.7 Å². The molecule has 1 atom stereocenters. The molecule has 21 heavy (non-hydrogen) atoms. The van der Waals surface area contributed by atoms with Gasteiger partial charge in [-0.15, -0.1) is 0 Å². The molecule has 0 amide bonds. The standard InChI is InChI=1S/C19H26N2/c1-6-8-21-19(18-12-20-9-7-13(18)2)17-11-15(4)14(3)10-16(17)5/h7,9-12,19,21H,6,8H2,1-5H3. The molecular weight excluding hydrogens is 256 g/mol. The summed E-state index contributed by atoms with van der Waals surface area (Å²) in [6, 6.07) is 6.92. The Morgan fingerprint density at radius 3 is 2.33 bits per heavy atom. The lowest BCUT2D eigenvalue weighted by atomic mass is 9.90. The zero-order valence-electron chi connectivity index (χ0n) is 13.8. The third-order valence-corrected chi connectivity index (χ3v) is 4.18. The maximum atomic E-state index is 4.33. The quantitative estimate of drug-likeness (QED) is 0.879. The summed E-state index contributed by atoms with van der Waals surface area (Å²) in [5, 5.41) is 3.69. The molecule has 0 aliphatic heterocycles. The van der Waals surface area contributed by atoms with Crippen LogP contribution in [0.5, 0.6) is 0 Å². The van der Waals surface area contributed by atoms with E-state index in [-0.39, 0.29) is 6.04 Å². The molecule has 2 nitrogen and oxygen atoms in total. The second-order valence-corrected chi connectivity index (χ2v) is 5.91. The summed E-state index contributed by atoms with van der Waals surface area (Å²) in [5.41, 5.74) is 7.97. The van der Waals surface area contributed by atoms with Crippen LogP contribution in [0.1, 0.15) is 52.8 Å². The summed E-state index contributed by atoms with van der Waals surface area (Å²) in [7, 11) is 0. The molecule has 2 rings (SSSR count). The fraction of sp³-hybridized carbons (Fsp3) is 0.421. The molecule has 1 N–H and O–H groups in total. The second kappa shape index (κ2) is 6.86. The van der Waals surface area contributed by atoms with Crippen LogP contribution in [0.2, 0.25) is 0 Å². The Morgan fingerprint density at radius 2 is 1.67 bits per heavy atom. The Hall–Kier alpha value is -1.67. The highest BCUT2D eigenvalue weighted by molar-refractivity contribution is 5.43. The van der Waals surface area contributed by atoms with Gasteiger partial charge < -0.3 is 5.32 Å². The molecule has 1 unspecified atom stereocenters. The molecule has 0 radical (unpaired) electrons. The lowest BCUT2D eigenvalue weighted by Gasteiger charge is -2.24. The van der Waals surface area contributed by atoms with Gasteiger partial charge >= 0.3 is 0 Å². The van der Waals surface area contributed by atoms with Gasteiger partial charge in [0.15, 0.2) is 0 Å². The Balaban J connectivity index is 2.51. The predicted molar refractivity (Wildman–Crippen MR) is 89.8 cm³/mol. The number of hydrogen-bond donors (Lipinski definition) is 1. The van der Waals surface area contributed by atoms with Crippen molar-refractivity contribution in [1.82, 2.24) is 10.3 Å². The monoisotopic (exact) mass is 282 g/mol. The number of rotatable bonds is 5. The van der Waals surface area contributed by atoms with Crippen molar-refractivity contribution in [2.75, 3.05) is 6.54 Å². The molecule has 1 heterocycles. The molecular formula is C19H26N2. The third kappa shape index (κ3) is 3.51. The smallest absolute Gasteiger partial charge is 0.0597 e. The Morgan fingerprint density at radius 1 is 0.952 bits per heavy atom. The van der Waals surface area contributed by atoms with E-state index < -0.39 is 0 Å². The molecule has 0 aliphatic rings. The van der Waals surface area contributed by atoms with Crippen LogP contribution >= 0.6 is 0 Å². The number of nitrogens with one attached hydrogen (secondary N) is 1. The summed E-state index contributed by atoms with van der Waals surface area (Å²) in [6.07, 6.45) is 4.99. The van der Waals surface area contributed by atoms with Crippen LogP contribution in [0.4, 0.5) is 0 Å². The van der Waals surface area contributed by atoms with Crippen molar-refractivity contribution in [2.24, 2.45) is 0 Å². The summed E-state index contributed by atoms with van der Waals surface area (Å²) in [4.78, 5) is 4.33. The number of aryl methyl sites for hydroxylation is 4. The predicted octanol–water partition coefficient (Wildman–Crippen LogP) is 4.40. The maximum Gasteiger partial charge on any atom is 0.0597 e. The highest BCUT2D eigenvalue weighted by atomic mass is 14.9. The van der Waals surface area contributed by atoms with Crippen LogP contribution in [0.25, 0.3) is 0 Å². The highest BCUT2D eigenvalue weighted by Gasteiger charge is 2.18. The van der Waals surface area contributed by atoms with Crippen molar-refractivity contribution in [3.05, 3.63) is 64.0 Å². The van der Waals surface area contributed by atoms with Crippen LogP contribution in [-0.2, 0) is 0 Å². The van der Waals surface area contributed by atoms with E-state index in [0.29, 0.717) is 0 Å². The van der Waals surface area contributed by atoms with Crippen LogP contribution < -0.4 is 5.32 Å². The van der Waals surface area contributed by atoms with Gasteiger partial charge in [-0.2, -0.15) is 0 Å². The second-order valence-electron chi connectivity index (χ2n) is 5.91. The molecule has 1 aromatic carbocycles. The van der Waals surface area contributed by atoms with Gasteiger partial charge in [0, 0.05) is 12.4 Å². The van der Waals surface area contributed by atoms with Crippen LogP contribution in [0.15, 0.2) is 30.6 Å². The van der Waals surface area contributed by atoms with Gasteiger partial charge in [0.2, 0.25) is 0 Å². The van der Waals surface area contributed by atoms with Gasteiger partial charge in [-0.25, -0.2) is 0 Å². The number of aromatic nitrogens is 1. The first-order chi connectivity index (χ1) is 10.0. The zero-order valence-corrected chi connectivity index (χ0v) is 13.8. The number of benzene rings is 1. The van der Waals surface area contributed by atoms with E-state index in [1.165, 1.54) is 33.4 Å². The zero-order chi connectivity index (χ0) is 15.4. The summed E-state index contributed by atoms with van der Waals surface area (Å²) in [5.74, 6) is 0. The summed E-state index contributed by atoms with van der Waals surface area (Å²) < 4.78 is 0. The van der Waals surface area contributed by atoms with Crippen molar-refractivity contribution < 1.29 is 0 Å². The van der Waals surface area contributed by atoms with Gasteiger partial charge in [-0.05, 0) is 80.1 Å². The Labute approximate surface area is 128 Å². The lowest BCUT2D eigenvalue weighted by molar-refractivity contribution is 0.592. The third-order valence-electron chi connectivity index (χ3n) is 4.18. The first-order valence-corrected chi connectivity index (χ1v) is 7.76. The molecule has 112 valence electrons. The van der Waals surface area contributed by atoms with Gasteiger partial charge in [-0.1, -0.05) is 19.1 Å². The van der Waals surface area contributed by atoms with E-state index in [1.807, 2.05) is 12.4 Å². The normalized spacial score (nSPS) is 12.4. The Kier molecular flexibility index (Phi) is 5.13. The van der Waals surface area contributed by atoms with E-state index in [1.54, 1.807) is 0 Å². The van der Waals surface area contributed by atoms with Crippen LogP contribution in [0.3, 0.4) is 0 Å². The number of pyridine rings is 1. The minimum Gasteiger partial charge on any atom is -0.306 e. The van der Waals surface area contributed by atoms with Crippen molar-refractivity contribution >= 4 is 0 Å². The fourth-order valence-electron chi connectivity index (χ4n) is 2.75. The SMILES string of the molecule is CCCNC(c1cnccc1C)c1cc(C)c(C)cc1C. The molecule has 0 fully saturated rings. The first-order valence-electron chi connectivity index (χ1n) is 7.76. The Bertz CT molecular complexity index is 617. The van der Waals surface area contributed by atoms with E-state index in [9.17, 15) is 0 Å². The first kappa shape index (κ1) is 15.7. The van der Waals surface area contributed by atoms with Gasteiger partial charge in [0.05, 0.1) is 6.04 Å². The van der Waals surface area contributed by atoms with Crippen molar-refractivity contribution in [2.45, 2.75) is 47.1 Å². The van der Waals surface area contributed by atoms with Crippen LogP contribution in [-0.4, -0.2) is 11.5 Å². The van der Waals surface area contributed by atoms with Crippen molar-refractivity contribution in [3.63, 3.8) is 0 Å². The lowest BCUT2D eigenvalue weighted by Crippen LogP contribution is -2.25. The molecule has 1 aromatic heterocycles. The maximum absolute atomic E-state index is 4.33. The largest absolute Gasteiger partial charge is 0.306 e. The highest BCUT2D eigenvalue weighted by Crippen LogP contribution is 2.28. The molecule has 2 aromatic rings. The van der Waals surface area contributed by atoms with Gasteiger partial charge in [0.1, 0.15) is 0 Å². The average Bonchev–Trinajstić information content (AvgIpc) is 2.46. The van der Waals surface area contributed by atoms with Gasteiger partial charge in [0.25, 0.3) is 0 Å². The van der Waals surface area contributed by atoms with E-state index in [0.717, 1.165) is 13.0 Å². The van der Waals surface area contributed by atoms with Gasteiger partial charge in [-0.3, -0.25) is 4.98 Å². The van der Waals surface area contributed by atoms with E-state index >= 15 is 0 Å². The fourth-order valence-corrected chi connectivity index (χ4v) is 2.75. The molecule has 0 bridgehead atoms. The number of nitrogens with zero attached hydrogens (tertiary/aromatic N) is 1. The molecule has 0 aliphatic carbocycles. The topological polar surface area (TPSA) is 24.9 Å². The molecule has 0 saturated carbocycles. The number of hydrogen-bond acceptors (Lipinski definition) is 2. The average molecular weight is 282 g/mol. The summed E-state index contributed by atoms with van der Waals surface area (Å²) in [6.45, 7) is 11.9.